The lowest BCUT2D eigenvalue weighted by Gasteiger charge is -2.29. The van der Waals surface area contributed by atoms with Gasteiger partial charge in [0.1, 0.15) is 0 Å². The van der Waals surface area contributed by atoms with Gasteiger partial charge in [-0.25, -0.2) is 4.79 Å². The zero-order valence-corrected chi connectivity index (χ0v) is 14.8. The van der Waals surface area contributed by atoms with E-state index in [9.17, 15) is 9.59 Å². The Labute approximate surface area is 152 Å². The molecule has 0 spiro atoms. The van der Waals surface area contributed by atoms with E-state index >= 15 is 0 Å². The molecule has 1 aromatic carbocycles. The van der Waals surface area contributed by atoms with E-state index in [2.05, 4.69) is 10.6 Å². The number of esters is 1. The van der Waals surface area contributed by atoms with Crippen molar-refractivity contribution in [3.63, 3.8) is 0 Å². The standard InChI is InChI=1S/C19H24N2O5/c1-24-18(22)16-11-3-4-12(9-11)17(16)21-19(23)20-13-5-6-14-15(10-13)26-8-2-7-25-14/h5-6,10-12,16-17H,2-4,7-9H2,1H3,(H2,20,21,23)/t11-,12-,16-,17-/m0/s1. The molecule has 1 aliphatic heterocycles. The molecule has 3 aliphatic rings. The first kappa shape index (κ1) is 17.0. The Morgan fingerprint density at radius 3 is 2.69 bits per heavy atom. The van der Waals surface area contributed by atoms with Gasteiger partial charge in [-0.2, -0.15) is 0 Å². The molecule has 4 rings (SSSR count). The summed E-state index contributed by atoms with van der Waals surface area (Å²) >= 11 is 0. The Hall–Kier alpha value is -2.44. The highest BCUT2D eigenvalue weighted by molar-refractivity contribution is 5.90. The summed E-state index contributed by atoms with van der Waals surface area (Å²) in [5, 5.41) is 5.83. The summed E-state index contributed by atoms with van der Waals surface area (Å²) in [4.78, 5) is 24.6. The number of urea groups is 1. The molecule has 2 saturated carbocycles. The van der Waals surface area contributed by atoms with Gasteiger partial charge in [0.2, 0.25) is 0 Å². The molecule has 2 fully saturated rings. The van der Waals surface area contributed by atoms with Crippen LogP contribution in [0.4, 0.5) is 10.5 Å². The average Bonchev–Trinajstić information content (AvgIpc) is 3.15. The molecule has 2 aliphatic carbocycles. The Balaban J connectivity index is 1.42. The molecule has 0 unspecified atom stereocenters. The molecule has 0 aromatic heterocycles. The fourth-order valence-electron chi connectivity index (χ4n) is 4.53. The Bertz CT molecular complexity index is 707. The van der Waals surface area contributed by atoms with Crippen molar-refractivity contribution >= 4 is 17.7 Å². The zero-order chi connectivity index (χ0) is 18.1. The first-order valence-corrected chi connectivity index (χ1v) is 9.20. The third-order valence-corrected chi connectivity index (χ3v) is 5.69. The van der Waals surface area contributed by atoms with Gasteiger partial charge in [-0.05, 0) is 43.2 Å². The number of ether oxygens (including phenoxy) is 3. The minimum Gasteiger partial charge on any atom is -0.490 e. The van der Waals surface area contributed by atoms with Gasteiger partial charge in [0.25, 0.3) is 0 Å². The number of fused-ring (bicyclic) bond motifs is 3. The van der Waals surface area contributed by atoms with Crippen LogP contribution in [0.2, 0.25) is 0 Å². The molecular weight excluding hydrogens is 336 g/mol. The number of hydrogen-bond acceptors (Lipinski definition) is 5. The van der Waals surface area contributed by atoms with Crippen molar-refractivity contribution in [2.24, 2.45) is 17.8 Å². The lowest BCUT2D eigenvalue weighted by atomic mass is 9.84. The van der Waals surface area contributed by atoms with Crippen LogP contribution in [0.1, 0.15) is 25.7 Å². The maximum atomic E-state index is 12.5. The summed E-state index contributed by atoms with van der Waals surface area (Å²) in [6, 6.07) is 4.86. The number of anilines is 1. The van der Waals surface area contributed by atoms with Crippen molar-refractivity contribution in [2.75, 3.05) is 25.6 Å². The van der Waals surface area contributed by atoms with Crippen molar-refractivity contribution in [1.29, 1.82) is 0 Å². The molecule has 2 bridgehead atoms. The molecule has 2 amide bonds. The zero-order valence-electron chi connectivity index (χ0n) is 14.8. The lowest BCUT2D eigenvalue weighted by Crippen LogP contribution is -2.48. The Kier molecular flexibility index (Phi) is 4.61. The van der Waals surface area contributed by atoms with Crippen molar-refractivity contribution in [3.8, 4) is 11.5 Å². The third-order valence-electron chi connectivity index (χ3n) is 5.69. The molecule has 0 saturated heterocycles. The normalized spacial score (nSPS) is 29.0. The van der Waals surface area contributed by atoms with Crippen molar-refractivity contribution in [2.45, 2.75) is 31.7 Å². The van der Waals surface area contributed by atoms with Crippen LogP contribution in [0.3, 0.4) is 0 Å². The Morgan fingerprint density at radius 1 is 1.12 bits per heavy atom. The third kappa shape index (κ3) is 3.18. The highest BCUT2D eigenvalue weighted by Gasteiger charge is 2.52. The highest BCUT2D eigenvalue weighted by Crippen LogP contribution is 2.49. The smallest absolute Gasteiger partial charge is 0.319 e. The van der Waals surface area contributed by atoms with E-state index in [-0.39, 0.29) is 24.0 Å². The molecule has 4 atom stereocenters. The highest BCUT2D eigenvalue weighted by atomic mass is 16.5. The summed E-state index contributed by atoms with van der Waals surface area (Å²) in [7, 11) is 1.41. The number of hydrogen-bond donors (Lipinski definition) is 2. The molecule has 0 radical (unpaired) electrons. The summed E-state index contributed by atoms with van der Waals surface area (Å²) in [6.07, 6.45) is 3.89. The summed E-state index contributed by atoms with van der Waals surface area (Å²) < 4.78 is 16.2. The van der Waals surface area contributed by atoms with Crippen LogP contribution in [0, 0.1) is 17.8 Å². The summed E-state index contributed by atoms with van der Waals surface area (Å²) in [5.74, 6) is 1.51. The first-order chi connectivity index (χ1) is 12.7. The van der Waals surface area contributed by atoms with Gasteiger partial charge in [-0.15, -0.1) is 0 Å². The van der Waals surface area contributed by atoms with Crippen LogP contribution in [-0.4, -0.2) is 38.4 Å². The number of carbonyl (C=O) groups is 2. The molecule has 2 N–H and O–H groups in total. The maximum absolute atomic E-state index is 12.5. The van der Waals surface area contributed by atoms with Crippen LogP contribution < -0.4 is 20.1 Å². The van der Waals surface area contributed by atoms with Gasteiger partial charge in [0.05, 0.1) is 26.2 Å². The van der Waals surface area contributed by atoms with E-state index in [0.29, 0.717) is 42.2 Å². The van der Waals surface area contributed by atoms with Gasteiger partial charge in [0, 0.05) is 24.2 Å². The fraction of sp³-hybridized carbons (Fsp3) is 0.579. The predicted octanol–water partition coefficient (Wildman–Crippen LogP) is 2.56. The van der Waals surface area contributed by atoms with E-state index in [1.807, 2.05) is 0 Å². The lowest BCUT2D eigenvalue weighted by molar-refractivity contribution is -0.148. The Morgan fingerprint density at radius 2 is 1.88 bits per heavy atom. The first-order valence-electron chi connectivity index (χ1n) is 9.20. The number of rotatable bonds is 3. The van der Waals surface area contributed by atoms with Gasteiger partial charge in [-0.3, -0.25) is 4.79 Å². The largest absolute Gasteiger partial charge is 0.490 e. The SMILES string of the molecule is COC(=O)[C@H]1[C@H]2CC[C@@H](C2)[C@@H]1NC(=O)Nc1ccc2c(c1)OCCCO2. The van der Waals surface area contributed by atoms with E-state index in [0.717, 1.165) is 25.7 Å². The molecule has 26 heavy (non-hydrogen) atoms. The molecule has 140 valence electrons. The van der Waals surface area contributed by atoms with Crippen LogP contribution >= 0.6 is 0 Å². The average molecular weight is 360 g/mol. The monoisotopic (exact) mass is 360 g/mol. The number of nitrogens with one attached hydrogen (secondary N) is 2. The molecule has 7 nitrogen and oxygen atoms in total. The second-order valence-electron chi connectivity index (χ2n) is 7.22. The topological polar surface area (TPSA) is 85.9 Å². The summed E-state index contributed by atoms with van der Waals surface area (Å²) in [6.45, 7) is 1.22. The van der Waals surface area contributed by atoms with Gasteiger partial charge < -0.3 is 24.8 Å². The van der Waals surface area contributed by atoms with Gasteiger partial charge >= 0.3 is 12.0 Å². The second kappa shape index (κ2) is 7.05. The van der Waals surface area contributed by atoms with E-state index in [1.54, 1.807) is 18.2 Å². The van der Waals surface area contributed by atoms with E-state index in [1.165, 1.54) is 7.11 Å². The molecule has 7 heteroatoms. The van der Waals surface area contributed by atoms with Crippen LogP contribution in [0.25, 0.3) is 0 Å². The second-order valence-corrected chi connectivity index (χ2v) is 7.22. The molecule has 1 heterocycles. The van der Waals surface area contributed by atoms with Gasteiger partial charge in [-0.1, -0.05) is 0 Å². The van der Waals surface area contributed by atoms with Crippen LogP contribution in [0.15, 0.2) is 18.2 Å². The van der Waals surface area contributed by atoms with Crippen LogP contribution in [-0.2, 0) is 9.53 Å². The van der Waals surface area contributed by atoms with Crippen LogP contribution in [0.5, 0.6) is 11.5 Å². The minimum atomic E-state index is -0.314. The quantitative estimate of drug-likeness (QED) is 0.809. The minimum absolute atomic E-state index is 0.165. The number of benzene rings is 1. The number of amides is 2. The van der Waals surface area contributed by atoms with Crippen molar-refractivity contribution in [3.05, 3.63) is 18.2 Å². The molecular formula is C19H24N2O5. The number of carbonyl (C=O) groups excluding carboxylic acids is 2. The summed E-state index contributed by atoms with van der Waals surface area (Å²) in [5.41, 5.74) is 0.629. The van der Waals surface area contributed by atoms with E-state index in [4.69, 9.17) is 14.2 Å². The fourth-order valence-corrected chi connectivity index (χ4v) is 4.53. The number of methoxy groups -OCH3 is 1. The maximum Gasteiger partial charge on any atom is 0.319 e. The predicted molar refractivity (Wildman–Crippen MR) is 94.3 cm³/mol. The van der Waals surface area contributed by atoms with Crippen molar-refractivity contribution < 1.29 is 23.8 Å². The van der Waals surface area contributed by atoms with Gasteiger partial charge in [0.15, 0.2) is 11.5 Å². The molecule has 1 aromatic rings. The van der Waals surface area contributed by atoms with Crippen molar-refractivity contribution in [1.82, 2.24) is 5.32 Å². The van der Waals surface area contributed by atoms with E-state index < -0.39 is 0 Å².